The summed E-state index contributed by atoms with van der Waals surface area (Å²) in [6.07, 6.45) is 37.0. The Balaban J connectivity index is 3.90. The van der Waals surface area contributed by atoms with Crippen molar-refractivity contribution >= 4 is 16.0 Å². The summed E-state index contributed by atoms with van der Waals surface area (Å²) in [4.78, 5) is 12.6. The molecule has 1 amide bonds. The largest absolute Gasteiger partial charge is 0.391 e. The minimum Gasteiger partial charge on any atom is -0.391 e. The molecule has 0 saturated carbocycles. The van der Waals surface area contributed by atoms with Gasteiger partial charge >= 0.3 is 0 Å². The van der Waals surface area contributed by atoms with E-state index in [1.807, 2.05) is 0 Å². The molecule has 0 rings (SSSR count). The molecule has 0 radical (unpaired) electrons. The van der Waals surface area contributed by atoms with Crippen LogP contribution in [0.25, 0.3) is 0 Å². The quantitative estimate of drug-likeness (QED) is 0.0375. The van der Waals surface area contributed by atoms with Crippen molar-refractivity contribution in [2.24, 2.45) is 0 Å². The molecular weight excluding hydrogens is 623 g/mol. The van der Waals surface area contributed by atoms with Crippen molar-refractivity contribution in [2.75, 3.05) is 5.75 Å². The van der Waals surface area contributed by atoms with E-state index >= 15 is 0 Å². The SMILES string of the molecule is CCCCCCCCCCCCCCCCCCCCCCC(O)C(CS(=O)(=O)O)NC(=O)C(O)CCCCCCCCCCCCC. The molecule has 288 valence electrons. The van der Waals surface area contributed by atoms with Crippen LogP contribution < -0.4 is 5.32 Å². The number of amides is 1. The van der Waals surface area contributed by atoms with Gasteiger partial charge in [0, 0.05) is 0 Å². The molecule has 48 heavy (non-hydrogen) atoms. The lowest BCUT2D eigenvalue weighted by Crippen LogP contribution is -2.50. The van der Waals surface area contributed by atoms with E-state index in [0.29, 0.717) is 12.8 Å². The standard InChI is InChI=1S/C40H81NO6S/c1-3-5-7-9-11-13-15-16-17-18-19-20-21-22-23-25-26-28-30-32-34-38(42)37(36-48(45,46)47)41-40(44)39(43)35-33-31-29-27-24-14-12-10-8-6-4-2/h37-39,42-43H,3-36H2,1-2H3,(H,41,44)(H,45,46,47). The first-order valence-corrected chi connectivity index (χ1v) is 22.4. The second-order valence-electron chi connectivity index (χ2n) is 14.8. The highest BCUT2D eigenvalue weighted by Crippen LogP contribution is 2.17. The lowest BCUT2D eigenvalue weighted by atomic mass is 10.0. The van der Waals surface area contributed by atoms with E-state index in [1.165, 1.54) is 148 Å². The fraction of sp³-hybridized carbons (Fsp3) is 0.975. The van der Waals surface area contributed by atoms with Crippen molar-refractivity contribution in [3.63, 3.8) is 0 Å². The van der Waals surface area contributed by atoms with E-state index in [1.54, 1.807) is 0 Å². The summed E-state index contributed by atoms with van der Waals surface area (Å²) in [6.45, 7) is 4.50. The van der Waals surface area contributed by atoms with Gasteiger partial charge in [-0.05, 0) is 12.8 Å². The Morgan fingerprint density at radius 1 is 0.479 bits per heavy atom. The second-order valence-corrected chi connectivity index (χ2v) is 16.3. The van der Waals surface area contributed by atoms with Gasteiger partial charge in [-0.3, -0.25) is 9.35 Å². The molecule has 0 spiro atoms. The maximum absolute atomic E-state index is 12.6. The molecule has 0 heterocycles. The number of aliphatic hydroxyl groups excluding tert-OH is 2. The second kappa shape index (κ2) is 34.7. The Kier molecular flexibility index (Phi) is 34.2. The summed E-state index contributed by atoms with van der Waals surface area (Å²) < 4.78 is 32.5. The highest BCUT2D eigenvalue weighted by molar-refractivity contribution is 7.85. The number of unbranched alkanes of at least 4 members (excludes halogenated alkanes) is 29. The molecule has 0 aromatic heterocycles. The number of hydrogen-bond donors (Lipinski definition) is 4. The fourth-order valence-electron chi connectivity index (χ4n) is 6.70. The predicted molar refractivity (Wildman–Crippen MR) is 204 cm³/mol. The molecule has 0 aromatic rings. The van der Waals surface area contributed by atoms with Gasteiger partial charge in [0.1, 0.15) is 6.10 Å². The van der Waals surface area contributed by atoms with Gasteiger partial charge in [0.2, 0.25) is 5.91 Å². The molecule has 0 bridgehead atoms. The molecular formula is C40H81NO6S. The molecule has 3 unspecified atom stereocenters. The van der Waals surface area contributed by atoms with Crippen molar-refractivity contribution < 1.29 is 28.0 Å². The van der Waals surface area contributed by atoms with Crippen LogP contribution in [0, 0.1) is 0 Å². The van der Waals surface area contributed by atoms with Crippen molar-refractivity contribution in [2.45, 2.75) is 244 Å². The topological polar surface area (TPSA) is 124 Å². The van der Waals surface area contributed by atoms with Crippen LogP contribution in [0.1, 0.15) is 226 Å². The zero-order chi connectivity index (χ0) is 35.6. The Morgan fingerprint density at radius 3 is 1.04 bits per heavy atom. The summed E-state index contributed by atoms with van der Waals surface area (Å²) in [6, 6.07) is -1.14. The number of nitrogens with one attached hydrogen (secondary N) is 1. The van der Waals surface area contributed by atoms with Crippen molar-refractivity contribution in [1.29, 1.82) is 0 Å². The Morgan fingerprint density at radius 2 is 0.750 bits per heavy atom. The first kappa shape index (κ1) is 47.3. The first-order chi connectivity index (χ1) is 23.2. The molecule has 0 saturated heterocycles. The first-order valence-electron chi connectivity index (χ1n) is 20.8. The molecule has 3 atom stereocenters. The van der Waals surface area contributed by atoms with Crippen LogP contribution in [0.4, 0.5) is 0 Å². The molecule has 0 aromatic carbocycles. The predicted octanol–water partition coefficient (Wildman–Crippen LogP) is 11.0. The van der Waals surface area contributed by atoms with Gasteiger partial charge in [-0.25, -0.2) is 0 Å². The number of hydrogen-bond acceptors (Lipinski definition) is 5. The third-order valence-electron chi connectivity index (χ3n) is 9.92. The van der Waals surface area contributed by atoms with Crippen molar-refractivity contribution in [3.05, 3.63) is 0 Å². The molecule has 0 aliphatic carbocycles. The van der Waals surface area contributed by atoms with Gasteiger partial charge in [-0.15, -0.1) is 0 Å². The van der Waals surface area contributed by atoms with Gasteiger partial charge in [0.25, 0.3) is 10.1 Å². The third kappa shape index (κ3) is 33.8. The molecule has 0 fully saturated rings. The lowest BCUT2D eigenvalue weighted by Gasteiger charge is -2.24. The van der Waals surface area contributed by atoms with Gasteiger partial charge < -0.3 is 15.5 Å². The monoisotopic (exact) mass is 704 g/mol. The maximum atomic E-state index is 12.6. The third-order valence-corrected chi connectivity index (χ3v) is 10.7. The average molecular weight is 704 g/mol. The van der Waals surface area contributed by atoms with Gasteiger partial charge in [-0.2, -0.15) is 8.42 Å². The van der Waals surface area contributed by atoms with Gasteiger partial charge in [0.05, 0.1) is 17.9 Å². The number of carbonyl (C=O) groups excluding carboxylic acids is 1. The normalized spacial score (nSPS) is 13.9. The summed E-state index contributed by atoms with van der Waals surface area (Å²) in [5.74, 6) is -1.44. The van der Waals surface area contributed by atoms with Crippen LogP contribution >= 0.6 is 0 Å². The van der Waals surface area contributed by atoms with Crippen molar-refractivity contribution in [3.8, 4) is 0 Å². The molecule has 0 aliphatic rings. The van der Waals surface area contributed by atoms with E-state index in [0.717, 1.165) is 51.4 Å². The summed E-state index contributed by atoms with van der Waals surface area (Å²) in [5, 5.41) is 23.5. The van der Waals surface area contributed by atoms with Gasteiger partial charge in [-0.1, -0.05) is 213 Å². The van der Waals surface area contributed by atoms with Crippen LogP contribution in [0.3, 0.4) is 0 Å². The molecule has 7 nitrogen and oxygen atoms in total. The maximum Gasteiger partial charge on any atom is 0.266 e. The van der Waals surface area contributed by atoms with Gasteiger partial charge in [0.15, 0.2) is 0 Å². The summed E-state index contributed by atoms with van der Waals surface area (Å²) in [7, 11) is -4.40. The summed E-state index contributed by atoms with van der Waals surface area (Å²) in [5.41, 5.74) is 0. The number of rotatable bonds is 38. The zero-order valence-corrected chi connectivity index (χ0v) is 32.6. The minimum atomic E-state index is -4.40. The van der Waals surface area contributed by atoms with Crippen LogP contribution in [-0.2, 0) is 14.9 Å². The fourth-order valence-corrected chi connectivity index (χ4v) is 7.46. The zero-order valence-electron chi connectivity index (χ0n) is 31.7. The van der Waals surface area contributed by atoms with Crippen LogP contribution in [0.2, 0.25) is 0 Å². The van der Waals surface area contributed by atoms with Crippen LogP contribution in [0.5, 0.6) is 0 Å². The van der Waals surface area contributed by atoms with E-state index in [4.69, 9.17) is 0 Å². The van der Waals surface area contributed by atoms with Crippen LogP contribution in [-0.4, -0.2) is 53.1 Å². The van der Waals surface area contributed by atoms with E-state index in [-0.39, 0.29) is 0 Å². The highest BCUT2D eigenvalue weighted by Gasteiger charge is 2.28. The average Bonchev–Trinajstić information content (AvgIpc) is 3.05. The molecule has 8 heteroatoms. The summed E-state index contributed by atoms with van der Waals surface area (Å²) >= 11 is 0. The van der Waals surface area contributed by atoms with E-state index in [9.17, 15) is 28.0 Å². The van der Waals surface area contributed by atoms with Crippen molar-refractivity contribution in [1.82, 2.24) is 5.32 Å². The number of carbonyl (C=O) groups is 1. The highest BCUT2D eigenvalue weighted by atomic mass is 32.2. The molecule has 0 aliphatic heterocycles. The minimum absolute atomic E-state index is 0.302. The van der Waals surface area contributed by atoms with E-state index < -0.39 is 40.0 Å². The Labute approximate surface area is 298 Å². The lowest BCUT2D eigenvalue weighted by molar-refractivity contribution is -0.131. The number of aliphatic hydroxyl groups is 2. The smallest absolute Gasteiger partial charge is 0.266 e. The molecule has 4 N–H and O–H groups in total. The Hall–Kier alpha value is -0.700. The van der Waals surface area contributed by atoms with E-state index in [2.05, 4.69) is 19.2 Å². The Bertz CT molecular complexity index is 793. The van der Waals surface area contributed by atoms with Crippen LogP contribution in [0.15, 0.2) is 0 Å².